The van der Waals surface area contributed by atoms with Crippen LogP contribution < -0.4 is 19.5 Å². The number of alkyl halides is 3. The van der Waals surface area contributed by atoms with Crippen molar-refractivity contribution in [2.45, 2.75) is 6.36 Å². The maximum Gasteiger partial charge on any atom is 0.573 e. The number of methoxy groups -OCH3 is 1. The van der Waals surface area contributed by atoms with Gasteiger partial charge in [0, 0.05) is 17.4 Å². The molecule has 0 saturated carbocycles. The highest BCUT2D eigenvalue weighted by Gasteiger charge is 2.31. The van der Waals surface area contributed by atoms with Gasteiger partial charge in [-0.2, -0.15) is 0 Å². The smallest absolute Gasteiger partial charge is 0.493 e. The maximum absolute atomic E-state index is 13.1. The fraction of sp³-hybridized carbons (Fsp3) is 0.143. The summed E-state index contributed by atoms with van der Waals surface area (Å²) in [6.45, 7) is 0. The van der Waals surface area contributed by atoms with Crippen molar-refractivity contribution < 1.29 is 31.8 Å². The Hall–Kier alpha value is -2.01. The third-order valence-electron chi connectivity index (χ3n) is 2.56. The highest BCUT2D eigenvalue weighted by atomic mass is 31.0. The van der Waals surface area contributed by atoms with Crippen LogP contribution in [0, 0.1) is 5.82 Å². The summed E-state index contributed by atoms with van der Waals surface area (Å²) in [5.74, 6) is -0.556. The highest BCUT2D eigenvalue weighted by Crippen LogP contribution is 2.34. The Morgan fingerprint density at radius 2 is 1.68 bits per heavy atom. The largest absolute Gasteiger partial charge is 0.573 e. The maximum atomic E-state index is 13.1. The summed E-state index contributed by atoms with van der Waals surface area (Å²) in [5.41, 5.74) is 0. The van der Waals surface area contributed by atoms with Gasteiger partial charge >= 0.3 is 6.36 Å². The van der Waals surface area contributed by atoms with Crippen molar-refractivity contribution in [3.05, 3.63) is 42.2 Å². The van der Waals surface area contributed by atoms with Gasteiger partial charge < -0.3 is 14.2 Å². The minimum atomic E-state index is -4.80. The lowest BCUT2D eigenvalue weighted by atomic mass is 10.3. The molecule has 0 spiro atoms. The molecule has 0 fully saturated rings. The second-order valence-corrected chi connectivity index (χ2v) is 4.77. The van der Waals surface area contributed by atoms with E-state index in [1.165, 1.54) is 19.2 Å². The Labute approximate surface area is 126 Å². The lowest BCUT2D eigenvalue weighted by molar-refractivity contribution is -0.274. The van der Waals surface area contributed by atoms with Crippen LogP contribution in [0.5, 0.6) is 23.0 Å². The lowest BCUT2D eigenvalue weighted by Gasteiger charge is -2.14. The van der Waals surface area contributed by atoms with Crippen molar-refractivity contribution in [1.29, 1.82) is 0 Å². The molecule has 2 aromatic carbocycles. The first-order valence-electron chi connectivity index (χ1n) is 5.95. The number of halogens is 4. The van der Waals surface area contributed by atoms with E-state index in [0.717, 1.165) is 24.3 Å². The third-order valence-corrected chi connectivity index (χ3v) is 3.04. The minimum absolute atomic E-state index is 0.108. The van der Waals surface area contributed by atoms with Crippen LogP contribution in [-0.4, -0.2) is 13.5 Å². The van der Waals surface area contributed by atoms with Crippen LogP contribution in [0.4, 0.5) is 17.6 Å². The number of rotatable bonds is 4. The third kappa shape index (κ3) is 4.24. The van der Waals surface area contributed by atoms with Crippen LogP contribution in [0.15, 0.2) is 36.4 Å². The van der Waals surface area contributed by atoms with Crippen molar-refractivity contribution in [3.8, 4) is 23.0 Å². The molecule has 3 nitrogen and oxygen atoms in total. The van der Waals surface area contributed by atoms with Crippen molar-refractivity contribution in [2.75, 3.05) is 7.11 Å². The summed E-state index contributed by atoms with van der Waals surface area (Å²) in [6.07, 6.45) is -4.80. The first kappa shape index (κ1) is 16.4. The average molecular weight is 334 g/mol. The molecule has 22 heavy (non-hydrogen) atoms. The molecule has 8 heteroatoms. The molecule has 0 bridgehead atoms. The first-order chi connectivity index (χ1) is 10.3. The second-order valence-electron chi connectivity index (χ2n) is 4.14. The van der Waals surface area contributed by atoms with E-state index < -0.39 is 17.9 Å². The highest BCUT2D eigenvalue weighted by molar-refractivity contribution is 7.27. The molecule has 0 aliphatic heterocycles. The zero-order chi connectivity index (χ0) is 16.3. The Morgan fingerprint density at radius 1 is 0.955 bits per heavy atom. The molecule has 0 amide bonds. The Morgan fingerprint density at radius 3 is 2.32 bits per heavy atom. The molecular weight excluding hydrogens is 323 g/mol. The molecule has 0 radical (unpaired) electrons. The number of benzene rings is 2. The van der Waals surface area contributed by atoms with Crippen LogP contribution in [0.3, 0.4) is 0 Å². The quantitative estimate of drug-likeness (QED) is 0.624. The average Bonchev–Trinajstić information content (AvgIpc) is 2.42. The Bertz CT molecular complexity index is 674. The molecule has 118 valence electrons. The van der Waals surface area contributed by atoms with E-state index >= 15 is 0 Å². The molecule has 2 rings (SSSR count). The zero-order valence-electron chi connectivity index (χ0n) is 11.3. The Balaban J connectivity index is 2.31. The SMILES string of the molecule is COc1cc(F)ccc1Oc1cc(OC(F)(F)F)ccc1P. The van der Waals surface area contributed by atoms with E-state index in [2.05, 4.69) is 14.0 Å². The normalized spacial score (nSPS) is 11.2. The molecule has 0 aliphatic rings. The number of hydrogen-bond acceptors (Lipinski definition) is 3. The summed E-state index contributed by atoms with van der Waals surface area (Å²) in [4.78, 5) is 0. The van der Waals surface area contributed by atoms with Gasteiger partial charge in [-0.3, -0.25) is 0 Å². The van der Waals surface area contributed by atoms with E-state index in [-0.39, 0.29) is 17.2 Å². The van der Waals surface area contributed by atoms with Crippen LogP contribution >= 0.6 is 9.24 Å². The van der Waals surface area contributed by atoms with Crippen molar-refractivity contribution in [1.82, 2.24) is 0 Å². The van der Waals surface area contributed by atoms with E-state index in [0.29, 0.717) is 5.30 Å². The summed E-state index contributed by atoms with van der Waals surface area (Å²) in [6, 6.07) is 7.19. The first-order valence-corrected chi connectivity index (χ1v) is 6.53. The van der Waals surface area contributed by atoms with Gasteiger partial charge in [-0.25, -0.2) is 4.39 Å². The van der Waals surface area contributed by atoms with Crippen molar-refractivity contribution >= 4 is 14.5 Å². The lowest BCUT2D eigenvalue weighted by Crippen LogP contribution is -2.17. The molecular formula is C14H11F4O3P. The van der Waals surface area contributed by atoms with Crippen LogP contribution in [-0.2, 0) is 0 Å². The molecule has 0 aromatic heterocycles. The van der Waals surface area contributed by atoms with Crippen molar-refractivity contribution in [3.63, 3.8) is 0 Å². The van der Waals surface area contributed by atoms with Crippen LogP contribution in [0.1, 0.15) is 0 Å². The second kappa shape index (κ2) is 6.40. The summed E-state index contributed by atoms with van der Waals surface area (Å²) < 4.78 is 64.1. The van der Waals surface area contributed by atoms with Crippen molar-refractivity contribution in [2.24, 2.45) is 0 Å². The van der Waals surface area contributed by atoms with E-state index in [4.69, 9.17) is 9.47 Å². The predicted molar refractivity (Wildman–Crippen MR) is 75.5 cm³/mol. The Kier molecular flexibility index (Phi) is 4.76. The van der Waals surface area contributed by atoms with Gasteiger partial charge in [0.15, 0.2) is 11.5 Å². The van der Waals surface area contributed by atoms with Gasteiger partial charge in [0.25, 0.3) is 0 Å². The number of hydrogen-bond donors (Lipinski definition) is 0. The molecule has 0 heterocycles. The van der Waals surface area contributed by atoms with Crippen LogP contribution in [0.2, 0.25) is 0 Å². The summed E-state index contributed by atoms with van der Waals surface area (Å²) >= 11 is 0. The summed E-state index contributed by atoms with van der Waals surface area (Å²) in [5, 5.41) is 0.501. The van der Waals surface area contributed by atoms with Gasteiger partial charge in [0.05, 0.1) is 7.11 Å². The topological polar surface area (TPSA) is 27.7 Å². The molecule has 1 atom stereocenters. The minimum Gasteiger partial charge on any atom is -0.493 e. The monoisotopic (exact) mass is 334 g/mol. The number of ether oxygens (including phenoxy) is 3. The molecule has 1 unspecified atom stereocenters. The van der Waals surface area contributed by atoms with E-state index in [1.54, 1.807) is 0 Å². The van der Waals surface area contributed by atoms with Gasteiger partial charge in [0.2, 0.25) is 0 Å². The van der Waals surface area contributed by atoms with Gasteiger partial charge in [-0.1, -0.05) is 0 Å². The summed E-state index contributed by atoms with van der Waals surface area (Å²) in [7, 11) is 3.65. The molecule has 0 saturated heterocycles. The predicted octanol–water partition coefficient (Wildman–Crippen LogP) is 4.03. The molecule has 0 aliphatic carbocycles. The van der Waals surface area contributed by atoms with Gasteiger partial charge in [-0.15, -0.1) is 22.4 Å². The fourth-order valence-corrected chi connectivity index (χ4v) is 1.88. The van der Waals surface area contributed by atoms with Crippen LogP contribution in [0.25, 0.3) is 0 Å². The zero-order valence-corrected chi connectivity index (χ0v) is 12.4. The van der Waals surface area contributed by atoms with Gasteiger partial charge in [-0.05, 0) is 24.3 Å². The molecule has 2 aromatic rings. The molecule has 0 N–H and O–H groups in total. The van der Waals surface area contributed by atoms with E-state index in [9.17, 15) is 17.6 Å². The fourth-order valence-electron chi connectivity index (χ4n) is 1.64. The standard InChI is InChI=1S/C14H11F4O3P/c1-19-11-6-8(15)2-4-10(11)20-12-7-9(3-5-13(12)22)21-14(16,17)18/h2-7H,22H2,1H3. The van der Waals surface area contributed by atoms with E-state index in [1.807, 2.05) is 0 Å². The van der Waals surface area contributed by atoms with Gasteiger partial charge in [0.1, 0.15) is 17.3 Å².